The summed E-state index contributed by atoms with van der Waals surface area (Å²) in [5.41, 5.74) is 1.26. The summed E-state index contributed by atoms with van der Waals surface area (Å²) < 4.78 is 0. The average molecular weight is 177 g/mol. The summed E-state index contributed by atoms with van der Waals surface area (Å²) in [7, 11) is 0. The topological polar surface area (TPSA) is 0 Å². The van der Waals surface area contributed by atoms with Crippen LogP contribution in [0.4, 0.5) is 0 Å². The van der Waals surface area contributed by atoms with Crippen molar-refractivity contribution in [3.63, 3.8) is 0 Å². The predicted molar refractivity (Wildman–Crippen MR) is 52.5 cm³/mol. The first-order valence-corrected chi connectivity index (χ1v) is 4.34. The largest absolute Gasteiger partial charge is 0.0843 e. The van der Waals surface area contributed by atoms with Crippen LogP contribution in [0.5, 0.6) is 0 Å². The van der Waals surface area contributed by atoms with E-state index in [-0.39, 0.29) is 0 Å². The van der Waals surface area contributed by atoms with E-state index < -0.39 is 0 Å². The molecule has 2 rings (SSSR count). The zero-order valence-corrected chi connectivity index (χ0v) is 7.33. The van der Waals surface area contributed by atoms with E-state index in [0.717, 1.165) is 5.02 Å². The van der Waals surface area contributed by atoms with Gasteiger partial charge in [-0.2, -0.15) is 0 Å². The van der Waals surface area contributed by atoms with Crippen LogP contribution in [0.25, 0.3) is 0 Å². The van der Waals surface area contributed by atoms with E-state index >= 15 is 0 Å². The van der Waals surface area contributed by atoms with Gasteiger partial charge in [0, 0.05) is 10.9 Å². The summed E-state index contributed by atoms with van der Waals surface area (Å²) in [5, 5.41) is 0.807. The van der Waals surface area contributed by atoms with Crippen LogP contribution in [-0.2, 0) is 0 Å². The molecule has 0 atom stereocenters. The van der Waals surface area contributed by atoms with Crippen molar-refractivity contribution in [1.29, 1.82) is 0 Å². The first kappa shape index (κ1) is 7.63. The molecule has 0 amide bonds. The van der Waals surface area contributed by atoms with Crippen molar-refractivity contribution in [1.82, 2.24) is 0 Å². The number of halogens is 1. The third-order valence-electron chi connectivity index (χ3n) is 1.98. The van der Waals surface area contributed by atoms with Crippen LogP contribution in [0.3, 0.4) is 0 Å². The summed E-state index contributed by atoms with van der Waals surface area (Å²) in [6.45, 7) is 0. The maximum atomic E-state index is 5.88. The molecule has 60 valence electrons. The zero-order chi connectivity index (χ0) is 8.39. The van der Waals surface area contributed by atoms with Gasteiger partial charge in [0.15, 0.2) is 0 Å². The Morgan fingerprint density at radius 2 is 1.83 bits per heavy atom. The van der Waals surface area contributed by atoms with Crippen LogP contribution in [0.15, 0.2) is 48.6 Å². The molecule has 0 bridgehead atoms. The fourth-order valence-corrected chi connectivity index (χ4v) is 1.57. The van der Waals surface area contributed by atoms with Crippen molar-refractivity contribution in [3.8, 4) is 0 Å². The first-order chi connectivity index (χ1) is 5.86. The molecule has 0 radical (unpaired) electrons. The van der Waals surface area contributed by atoms with E-state index in [0.29, 0.717) is 5.92 Å². The van der Waals surface area contributed by atoms with E-state index in [9.17, 15) is 0 Å². The Bertz CT molecular complexity index is 325. The van der Waals surface area contributed by atoms with Crippen molar-refractivity contribution in [2.24, 2.45) is 0 Å². The molecule has 0 unspecified atom stereocenters. The van der Waals surface area contributed by atoms with Gasteiger partial charge in [-0.25, -0.2) is 0 Å². The van der Waals surface area contributed by atoms with E-state index in [2.05, 4.69) is 30.4 Å². The molecule has 0 aliphatic heterocycles. The lowest BCUT2D eigenvalue weighted by Crippen LogP contribution is -1.87. The van der Waals surface area contributed by atoms with Crippen LogP contribution < -0.4 is 0 Å². The first-order valence-electron chi connectivity index (χ1n) is 3.97. The Balaban J connectivity index is 2.34. The lowest BCUT2D eigenvalue weighted by molar-refractivity contribution is 1.10. The molecule has 0 N–H and O–H groups in total. The van der Waals surface area contributed by atoms with Crippen LogP contribution in [0.1, 0.15) is 11.5 Å². The van der Waals surface area contributed by atoms with E-state index in [1.54, 1.807) is 0 Å². The second-order valence-corrected chi connectivity index (χ2v) is 3.29. The Morgan fingerprint density at radius 1 is 1.08 bits per heavy atom. The molecule has 1 aromatic rings. The maximum absolute atomic E-state index is 5.88. The molecule has 12 heavy (non-hydrogen) atoms. The minimum absolute atomic E-state index is 0.420. The van der Waals surface area contributed by atoms with Crippen LogP contribution in [0, 0.1) is 0 Å². The molecule has 1 aliphatic rings. The van der Waals surface area contributed by atoms with Gasteiger partial charge in [0.05, 0.1) is 0 Å². The molecule has 1 aliphatic carbocycles. The molecule has 0 saturated carbocycles. The molecule has 0 aromatic heterocycles. The summed E-state index contributed by atoms with van der Waals surface area (Å²) in [6, 6.07) is 7.98. The molecule has 1 aromatic carbocycles. The fourth-order valence-electron chi connectivity index (χ4n) is 1.37. The number of hydrogen-bond donors (Lipinski definition) is 0. The molecule has 0 fully saturated rings. The quantitative estimate of drug-likeness (QED) is 0.614. The standard InChI is InChI=1S/C11H9Cl/c12-11-7-3-6-10(8-11)9-4-1-2-5-9/h1-9H. The van der Waals surface area contributed by atoms with E-state index in [1.165, 1.54) is 5.56 Å². The van der Waals surface area contributed by atoms with Crippen molar-refractivity contribution in [3.05, 3.63) is 59.2 Å². The average Bonchev–Trinajstić information content (AvgIpc) is 2.56. The lowest BCUT2D eigenvalue weighted by Gasteiger charge is -2.04. The van der Waals surface area contributed by atoms with Gasteiger partial charge < -0.3 is 0 Å². The summed E-state index contributed by atoms with van der Waals surface area (Å²) in [6.07, 6.45) is 8.44. The van der Waals surface area contributed by atoms with Gasteiger partial charge in [0.25, 0.3) is 0 Å². The normalized spacial score (nSPS) is 15.8. The minimum Gasteiger partial charge on any atom is -0.0843 e. The van der Waals surface area contributed by atoms with Crippen molar-refractivity contribution >= 4 is 11.6 Å². The number of hydrogen-bond acceptors (Lipinski definition) is 0. The van der Waals surface area contributed by atoms with Gasteiger partial charge >= 0.3 is 0 Å². The van der Waals surface area contributed by atoms with E-state index in [1.807, 2.05) is 18.2 Å². The Labute approximate surface area is 77.2 Å². The van der Waals surface area contributed by atoms with Crippen molar-refractivity contribution in [2.45, 2.75) is 5.92 Å². The van der Waals surface area contributed by atoms with E-state index in [4.69, 9.17) is 11.6 Å². The number of allylic oxidation sites excluding steroid dienone is 4. The SMILES string of the molecule is Clc1cccc(C2C=CC=C2)c1. The molecular formula is C11H9Cl. The smallest absolute Gasteiger partial charge is 0.0409 e. The third kappa shape index (κ3) is 1.44. The zero-order valence-electron chi connectivity index (χ0n) is 6.57. The van der Waals surface area contributed by atoms with Crippen LogP contribution in [0.2, 0.25) is 5.02 Å². The van der Waals surface area contributed by atoms with Gasteiger partial charge in [0.1, 0.15) is 0 Å². The minimum atomic E-state index is 0.420. The van der Waals surface area contributed by atoms with Gasteiger partial charge in [-0.3, -0.25) is 0 Å². The van der Waals surface area contributed by atoms with Gasteiger partial charge in [0.2, 0.25) is 0 Å². The number of rotatable bonds is 1. The predicted octanol–water partition coefficient (Wildman–Crippen LogP) is 3.55. The van der Waals surface area contributed by atoms with Crippen molar-refractivity contribution in [2.75, 3.05) is 0 Å². The monoisotopic (exact) mass is 176 g/mol. The molecule has 1 heteroatoms. The molecule has 0 nitrogen and oxygen atoms in total. The highest BCUT2D eigenvalue weighted by atomic mass is 35.5. The second kappa shape index (κ2) is 3.16. The Morgan fingerprint density at radius 3 is 2.50 bits per heavy atom. The Kier molecular flexibility index (Phi) is 2.01. The lowest BCUT2D eigenvalue weighted by atomic mass is 10.0. The van der Waals surface area contributed by atoms with Crippen LogP contribution >= 0.6 is 11.6 Å². The summed E-state index contributed by atoms with van der Waals surface area (Å²) in [5.74, 6) is 0.420. The van der Waals surface area contributed by atoms with Crippen molar-refractivity contribution < 1.29 is 0 Å². The highest BCUT2D eigenvalue weighted by Crippen LogP contribution is 2.24. The van der Waals surface area contributed by atoms with Crippen LogP contribution in [-0.4, -0.2) is 0 Å². The summed E-state index contributed by atoms with van der Waals surface area (Å²) >= 11 is 5.88. The fraction of sp³-hybridized carbons (Fsp3) is 0.0909. The maximum Gasteiger partial charge on any atom is 0.0409 e. The molecular weight excluding hydrogens is 168 g/mol. The second-order valence-electron chi connectivity index (χ2n) is 2.85. The highest BCUT2D eigenvalue weighted by molar-refractivity contribution is 6.30. The number of benzene rings is 1. The highest BCUT2D eigenvalue weighted by Gasteiger charge is 2.06. The Hall–Kier alpha value is -1.01. The third-order valence-corrected chi connectivity index (χ3v) is 2.22. The molecule has 0 saturated heterocycles. The summed E-state index contributed by atoms with van der Waals surface area (Å²) in [4.78, 5) is 0. The molecule has 0 spiro atoms. The van der Waals surface area contributed by atoms with Gasteiger partial charge in [-0.1, -0.05) is 48.0 Å². The van der Waals surface area contributed by atoms with Gasteiger partial charge in [-0.05, 0) is 17.7 Å². The molecule has 0 heterocycles. The van der Waals surface area contributed by atoms with Gasteiger partial charge in [-0.15, -0.1) is 0 Å².